The zero-order chi connectivity index (χ0) is 21.1. The van der Waals surface area contributed by atoms with E-state index < -0.39 is 0 Å². The van der Waals surface area contributed by atoms with E-state index in [-0.39, 0.29) is 11.9 Å². The monoisotopic (exact) mass is 405 g/mol. The number of hydrogen-bond donors (Lipinski definition) is 1. The summed E-state index contributed by atoms with van der Waals surface area (Å²) < 4.78 is 1.75. The summed E-state index contributed by atoms with van der Waals surface area (Å²) in [6.07, 6.45) is 4.78. The van der Waals surface area contributed by atoms with Gasteiger partial charge in [-0.05, 0) is 57.8 Å². The Kier molecular flexibility index (Phi) is 6.13. The van der Waals surface area contributed by atoms with Gasteiger partial charge in [-0.25, -0.2) is 4.98 Å². The predicted octanol–water partition coefficient (Wildman–Crippen LogP) is 3.93. The number of rotatable bonds is 6. The Morgan fingerprint density at radius 1 is 1.13 bits per heavy atom. The van der Waals surface area contributed by atoms with Crippen LogP contribution < -0.4 is 5.32 Å². The molecule has 1 N–H and O–H groups in total. The highest BCUT2D eigenvalue weighted by molar-refractivity contribution is 6.06. The summed E-state index contributed by atoms with van der Waals surface area (Å²) >= 11 is 0. The summed E-state index contributed by atoms with van der Waals surface area (Å²) in [4.78, 5) is 20.5. The maximum atomic E-state index is 13.4. The summed E-state index contributed by atoms with van der Waals surface area (Å²) in [7, 11) is 1.87. The number of nitrogens with zero attached hydrogens (tertiary/aromatic N) is 4. The van der Waals surface area contributed by atoms with Crippen molar-refractivity contribution in [2.24, 2.45) is 7.05 Å². The molecule has 1 aliphatic heterocycles. The zero-order valence-electron chi connectivity index (χ0n) is 18.2. The summed E-state index contributed by atoms with van der Waals surface area (Å²) in [6.45, 7) is 7.17. The van der Waals surface area contributed by atoms with Crippen LogP contribution in [0.15, 0.2) is 36.4 Å². The van der Waals surface area contributed by atoms with Crippen LogP contribution >= 0.6 is 0 Å². The van der Waals surface area contributed by atoms with Gasteiger partial charge >= 0.3 is 0 Å². The van der Waals surface area contributed by atoms with Crippen molar-refractivity contribution < 1.29 is 4.79 Å². The lowest BCUT2D eigenvalue weighted by atomic mass is 10.0. The molecule has 3 aromatic rings. The van der Waals surface area contributed by atoms with Gasteiger partial charge in [0.1, 0.15) is 0 Å². The molecule has 2 aromatic heterocycles. The number of hydrogen-bond acceptors (Lipinski definition) is 4. The number of carbonyl (C=O) groups excluding carboxylic acids is 1. The van der Waals surface area contributed by atoms with Crippen LogP contribution in [0.25, 0.3) is 11.0 Å². The van der Waals surface area contributed by atoms with E-state index in [9.17, 15) is 4.79 Å². The number of aryl methyl sites for hydroxylation is 3. The van der Waals surface area contributed by atoms with Crippen molar-refractivity contribution in [1.82, 2.24) is 25.0 Å². The van der Waals surface area contributed by atoms with Gasteiger partial charge in [0.05, 0.1) is 22.7 Å². The molecule has 6 heteroatoms. The fourth-order valence-electron chi connectivity index (χ4n) is 4.49. The van der Waals surface area contributed by atoms with E-state index in [0.717, 1.165) is 54.0 Å². The van der Waals surface area contributed by atoms with Crippen LogP contribution in [0.4, 0.5) is 0 Å². The molecule has 0 unspecified atom stereocenters. The minimum absolute atomic E-state index is 0.0267. The van der Waals surface area contributed by atoms with Gasteiger partial charge in [-0.1, -0.05) is 36.8 Å². The largest absolute Gasteiger partial charge is 0.345 e. The summed E-state index contributed by atoms with van der Waals surface area (Å²) in [6, 6.07) is 12.1. The lowest BCUT2D eigenvalue weighted by Gasteiger charge is -2.29. The third kappa shape index (κ3) is 4.38. The van der Waals surface area contributed by atoms with E-state index >= 15 is 0 Å². The third-order valence-corrected chi connectivity index (χ3v) is 6.03. The Balaban J connectivity index is 1.59. The van der Waals surface area contributed by atoms with Crippen LogP contribution in [0.3, 0.4) is 0 Å². The van der Waals surface area contributed by atoms with E-state index in [1.54, 1.807) is 4.68 Å². The van der Waals surface area contributed by atoms with Crippen LogP contribution in [0.1, 0.15) is 59.0 Å². The number of nitrogens with one attached hydrogen (secondary N) is 1. The highest BCUT2D eigenvalue weighted by Crippen LogP contribution is 2.24. The van der Waals surface area contributed by atoms with Crippen molar-refractivity contribution >= 4 is 16.9 Å². The van der Waals surface area contributed by atoms with Crippen LogP contribution in [-0.4, -0.2) is 45.2 Å². The molecule has 3 heterocycles. The Labute approximate surface area is 178 Å². The topological polar surface area (TPSA) is 63.1 Å². The normalized spacial score (nSPS) is 16.0. The van der Waals surface area contributed by atoms with E-state index in [4.69, 9.17) is 0 Å². The number of pyridine rings is 1. The second kappa shape index (κ2) is 8.96. The quantitative estimate of drug-likeness (QED) is 0.675. The van der Waals surface area contributed by atoms with Gasteiger partial charge in [0, 0.05) is 19.3 Å². The molecule has 4 rings (SSSR count). The number of carbonyl (C=O) groups is 1. The van der Waals surface area contributed by atoms with Crippen molar-refractivity contribution in [1.29, 1.82) is 0 Å². The maximum absolute atomic E-state index is 13.4. The predicted molar refractivity (Wildman–Crippen MR) is 120 cm³/mol. The summed E-state index contributed by atoms with van der Waals surface area (Å²) in [5.41, 5.74) is 4.20. The molecule has 1 amide bonds. The van der Waals surface area contributed by atoms with Crippen LogP contribution in [0, 0.1) is 13.8 Å². The maximum Gasteiger partial charge on any atom is 0.252 e. The Hall–Kier alpha value is -2.73. The molecular formula is C24H31N5O. The highest BCUT2D eigenvalue weighted by atomic mass is 16.1. The Morgan fingerprint density at radius 2 is 1.87 bits per heavy atom. The first-order chi connectivity index (χ1) is 14.5. The average Bonchev–Trinajstić information content (AvgIpc) is 3.05. The molecule has 1 fully saturated rings. The Morgan fingerprint density at radius 3 is 2.60 bits per heavy atom. The third-order valence-electron chi connectivity index (χ3n) is 6.03. The smallest absolute Gasteiger partial charge is 0.252 e. The van der Waals surface area contributed by atoms with E-state index in [0.29, 0.717) is 5.56 Å². The second-order valence-corrected chi connectivity index (χ2v) is 8.35. The minimum atomic E-state index is -0.0610. The van der Waals surface area contributed by atoms with E-state index in [2.05, 4.69) is 32.4 Å². The van der Waals surface area contributed by atoms with Gasteiger partial charge in [-0.15, -0.1) is 0 Å². The van der Waals surface area contributed by atoms with E-state index in [1.807, 2.05) is 45.2 Å². The molecule has 30 heavy (non-hydrogen) atoms. The zero-order valence-corrected chi connectivity index (χ0v) is 18.2. The fourth-order valence-corrected chi connectivity index (χ4v) is 4.49. The molecule has 1 aliphatic rings. The second-order valence-electron chi connectivity index (χ2n) is 8.35. The first-order valence-electron chi connectivity index (χ1n) is 10.9. The number of piperidine rings is 1. The summed E-state index contributed by atoms with van der Waals surface area (Å²) in [5.74, 6) is -0.0610. The number of aromatic nitrogens is 3. The molecule has 6 nitrogen and oxygen atoms in total. The molecule has 158 valence electrons. The standard InChI is InChI=1S/C24H31N5O/c1-17-16-20(22-18(2)27-28(3)23(22)25-17)24(30)26-21(19-10-6-4-7-11-19)12-15-29-13-8-5-9-14-29/h4,6-7,10-11,16,21H,5,8-9,12-15H2,1-3H3,(H,26,30)/t21-/m0/s1. The number of amides is 1. The number of fused-ring (bicyclic) bond motifs is 1. The van der Waals surface area contributed by atoms with Gasteiger partial charge < -0.3 is 10.2 Å². The fraction of sp³-hybridized carbons (Fsp3) is 0.458. The van der Waals surface area contributed by atoms with Gasteiger partial charge in [0.15, 0.2) is 5.65 Å². The van der Waals surface area contributed by atoms with Gasteiger partial charge in [0.2, 0.25) is 0 Å². The molecule has 1 saturated heterocycles. The molecular weight excluding hydrogens is 374 g/mol. The average molecular weight is 406 g/mol. The first kappa shape index (κ1) is 20.5. The lowest BCUT2D eigenvalue weighted by molar-refractivity contribution is 0.0931. The molecule has 0 aliphatic carbocycles. The van der Waals surface area contributed by atoms with Gasteiger partial charge in [-0.3, -0.25) is 9.48 Å². The van der Waals surface area contributed by atoms with Gasteiger partial charge in [0.25, 0.3) is 5.91 Å². The van der Waals surface area contributed by atoms with Gasteiger partial charge in [-0.2, -0.15) is 5.10 Å². The molecule has 1 atom stereocenters. The van der Waals surface area contributed by atoms with Crippen LogP contribution in [0.2, 0.25) is 0 Å². The molecule has 1 aromatic carbocycles. The number of likely N-dealkylation sites (tertiary alicyclic amines) is 1. The molecule has 0 bridgehead atoms. The number of benzene rings is 1. The first-order valence-corrected chi connectivity index (χ1v) is 10.9. The van der Waals surface area contributed by atoms with Crippen molar-refractivity contribution in [2.45, 2.75) is 45.6 Å². The van der Waals surface area contributed by atoms with Crippen molar-refractivity contribution in [3.8, 4) is 0 Å². The van der Waals surface area contributed by atoms with Crippen molar-refractivity contribution in [2.75, 3.05) is 19.6 Å². The van der Waals surface area contributed by atoms with Crippen LogP contribution in [-0.2, 0) is 7.05 Å². The Bertz CT molecular complexity index is 1020. The van der Waals surface area contributed by atoms with Crippen molar-refractivity contribution in [3.63, 3.8) is 0 Å². The molecule has 0 saturated carbocycles. The molecule has 0 spiro atoms. The minimum Gasteiger partial charge on any atom is -0.345 e. The lowest BCUT2D eigenvalue weighted by Crippen LogP contribution is -2.35. The molecule has 0 radical (unpaired) electrons. The van der Waals surface area contributed by atoms with E-state index in [1.165, 1.54) is 19.3 Å². The SMILES string of the molecule is Cc1cc(C(=O)N[C@@H](CCN2CCCCC2)c2ccccc2)c2c(C)nn(C)c2n1. The highest BCUT2D eigenvalue weighted by Gasteiger charge is 2.22. The van der Waals surface area contributed by atoms with Crippen LogP contribution in [0.5, 0.6) is 0 Å². The van der Waals surface area contributed by atoms with Crippen molar-refractivity contribution in [3.05, 3.63) is 58.9 Å². The summed E-state index contributed by atoms with van der Waals surface area (Å²) in [5, 5.41) is 8.63.